The first kappa shape index (κ1) is 10.8. The number of fused-ring (bicyclic) bond motifs is 1. The standard InChI is InChI=1S/C14H11BrFN/c15-12-6-5-11(9-13(12)16)17-8-7-10-3-1-2-4-14(10)17/h1-6,9H,7-8H2. The van der Waals surface area contributed by atoms with Crippen molar-refractivity contribution in [2.24, 2.45) is 0 Å². The Morgan fingerprint density at radius 1 is 1.12 bits per heavy atom. The van der Waals surface area contributed by atoms with E-state index in [0.717, 1.165) is 18.7 Å². The monoisotopic (exact) mass is 291 g/mol. The first-order chi connectivity index (χ1) is 8.25. The predicted molar refractivity (Wildman–Crippen MR) is 71.3 cm³/mol. The average Bonchev–Trinajstić information content (AvgIpc) is 2.76. The number of hydrogen-bond donors (Lipinski definition) is 0. The number of nitrogens with zero attached hydrogens (tertiary/aromatic N) is 1. The maximum absolute atomic E-state index is 13.5. The maximum Gasteiger partial charge on any atom is 0.139 e. The van der Waals surface area contributed by atoms with Crippen molar-refractivity contribution in [3.05, 3.63) is 58.3 Å². The van der Waals surface area contributed by atoms with Gasteiger partial charge in [0.25, 0.3) is 0 Å². The van der Waals surface area contributed by atoms with Crippen LogP contribution in [-0.2, 0) is 6.42 Å². The molecule has 0 N–H and O–H groups in total. The van der Waals surface area contributed by atoms with Gasteiger partial charge in [0.15, 0.2) is 0 Å². The van der Waals surface area contributed by atoms with Crippen LogP contribution in [0.3, 0.4) is 0 Å². The quantitative estimate of drug-likeness (QED) is 0.758. The molecule has 2 aromatic carbocycles. The zero-order valence-corrected chi connectivity index (χ0v) is 10.7. The Kier molecular flexibility index (Phi) is 2.63. The molecule has 2 aromatic rings. The van der Waals surface area contributed by atoms with Crippen molar-refractivity contribution in [2.45, 2.75) is 6.42 Å². The van der Waals surface area contributed by atoms with E-state index in [1.54, 1.807) is 12.1 Å². The zero-order chi connectivity index (χ0) is 11.8. The number of rotatable bonds is 1. The lowest BCUT2D eigenvalue weighted by Crippen LogP contribution is -2.13. The summed E-state index contributed by atoms with van der Waals surface area (Å²) < 4.78 is 14.0. The highest BCUT2D eigenvalue weighted by molar-refractivity contribution is 9.10. The molecule has 0 spiro atoms. The minimum absolute atomic E-state index is 0.216. The molecule has 3 heteroatoms. The molecule has 0 unspecified atom stereocenters. The van der Waals surface area contributed by atoms with Gasteiger partial charge in [-0.3, -0.25) is 0 Å². The van der Waals surface area contributed by atoms with Gasteiger partial charge in [-0.05, 0) is 52.2 Å². The lowest BCUT2D eigenvalue weighted by Gasteiger charge is -2.19. The van der Waals surface area contributed by atoms with E-state index in [1.165, 1.54) is 11.3 Å². The van der Waals surface area contributed by atoms with Gasteiger partial charge in [0.05, 0.1) is 4.47 Å². The summed E-state index contributed by atoms with van der Waals surface area (Å²) >= 11 is 3.18. The van der Waals surface area contributed by atoms with Gasteiger partial charge in [0.2, 0.25) is 0 Å². The van der Waals surface area contributed by atoms with Crippen molar-refractivity contribution < 1.29 is 4.39 Å². The van der Waals surface area contributed by atoms with Crippen molar-refractivity contribution in [1.82, 2.24) is 0 Å². The first-order valence-electron chi connectivity index (χ1n) is 5.56. The molecule has 0 radical (unpaired) electrons. The molecule has 1 aliphatic rings. The molecule has 3 rings (SSSR count). The van der Waals surface area contributed by atoms with Gasteiger partial charge in [0, 0.05) is 17.9 Å². The van der Waals surface area contributed by atoms with Crippen LogP contribution in [0.25, 0.3) is 0 Å². The number of benzene rings is 2. The van der Waals surface area contributed by atoms with Gasteiger partial charge in [-0.15, -0.1) is 0 Å². The third-order valence-corrected chi connectivity index (χ3v) is 3.75. The van der Waals surface area contributed by atoms with Gasteiger partial charge < -0.3 is 4.90 Å². The molecule has 0 saturated carbocycles. The summed E-state index contributed by atoms with van der Waals surface area (Å²) in [7, 11) is 0. The van der Waals surface area contributed by atoms with Gasteiger partial charge in [-0.1, -0.05) is 18.2 Å². The Labute approximate surface area is 108 Å². The third kappa shape index (κ3) is 1.84. The van der Waals surface area contributed by atoms with Crippen LogP contribution in [0.1, 0.15) is 5.56 Å². The van der Waals surface area contributed by atoms with Gasteiger partial charge in [0.1, 0.15) is 5.82 Å². The van der Waals surface area contributed by atoms with E-state index in [4.69, 9.17) is 0 Å². The third-order valence-electron chi connectivity index (χ3n) is 3.10. The summed E-state index contributed by atoms with van der Waals surface area (Å²) in [6, 6.07) is 13.6. The van der Waals surface area contributed by atoms with Crippen molar-refractivity contribution >= 4 is 27.3 Å². The van der Waals surface area contributed by atoms with Crippen LogP contribution < -0.4 is 4.90 Å². The summed E-state index contributed by atoms with van der Waals surface area (Å²) in [6.07, 6.45) is 1.02. The van der Waals surface area contributed by atoms with Crippen LogP contribution in [0.5, 0.6) is 0 Å². The van der Waals surface area contributed by atoms with Crippen molar-refractivity contribution in [3.8, 4) is 0 Å². The highest BCUT2D eigenvalue weighted by Crippen LogP contribution is 2.35. The molecule has 0 saturated heterocycles. The number of anilines is 2. The van der Waals surface area contributed by atoms with Crippen LogP contribution in [0.4, 0.5) is 15.8 Å². The van der Waals surface area contributed by atoms with Crippen LogP contribution in [0, 0.1) is 5.82 Å². The van der Waals surface area contributed by atoms with Crippen molar-refractivity contribution in [2.75, 3.05) is 11.4 Å². The van der Waals surface area contributed by atoms with E-state index < -0.39 is 0 Å². The summed E-state index contributed by atoms with van der Waals surface area (Å²) in [5.74, 6) is -0.216. The van der Waals surface area contributed by atoms with Crippen LogP contribution in [-0.4, -0.2) is 6.54 Å². The average molecular weight is 292 g/mol. The molecule has 1 aliphatic heterocycles. The summed E-state index contributed by atoms with van der Waals surface area (Å²) in [5.41, 5.74) is 3.43. The molecule has 0 atom stereocenters. The van der Waals surface area contributed by atoms with Crippen LogP contribution >= 0.6 is 15.9 Å². The molecule has 17 heavy (non-hydrogen) atoms. The SMILES string of the molecule is Fc1cc(N2CCc3ccccc32)ccc1Br. The van der Waals surface area contributed by atoms with Crippen molar-refractivity contribution in [1.29, 1.82) is 0 Å². The second-order valence-corrected chi connectivity index (χ2v) is 4.98. The second kappa shape index (κ2) is 4.15. The minimum atomic E-state index is -0.216. The predicted octanol–water partition coefficient (Wildman–Crippen LogP) is 4.28. The lowest BCUT2D eigenvalue weighted by atomic mass is 10.2. The number of halogens is 2. The molecule has 0 aromatic heterocycles. The molecule has 1 nitrogen and oxygen atoms in total. The maximum atomic E-state index is 13.5. The Morgan fingerprint density at radius 3 is 2.76 bits per heavy atom. The van der Waals surface area contributed by atoms with Crippen LogP contribution in [0.2, 0.25) is 0 Å². The summed E-state index contributed by atoms with van der Waals surface area (Å²) in [4.78, 5) is 2.16. The molecule has 86 valence electrons. The largest absolute Gasteiger partial charge is 0.341 e. The Balaban J connectivity index is 2.04. The zero-order valence-electron chi connectivity index (χ0n) is 9.16. The van der Waals surface area contributed by atoms with Crippen LogP contribution in [0.15, 0.2) is 46.9 Å². The van der Waals surface area contributed by atoms with E-state index in [9.17, 15) is 4.39 Å². The normalized spacial score (nSPS) is 13.9. The van der Waals surface area contributed by atoms with E-state index in [-0.39, 0.29) is 5.82 Å². The Bertz CT molecular complexity index is 568. The molecule has 0 aliphatic carbocycles. The number of para-hydroxylation sites is 1. The van der Waals surface area contributed by atoms with E-state index >= 15 is 0 Å². The summed E-state index contributed by atoms with van der Waals surface area (Å²) in [6.45, 7) is 0.917. The van der Waals surface area contributed by atoms with Gasteiger partial charge in [-0.25, -0.2) is 4.39 Å². The van der Waals surface area contributed by atoms with Gasteiger partial charge in [-0.2, -0.15) is 0 Å². The van der Waals surface area contributed by atoms with E-state index in [1.807, 2.05) is 18.2 Å². The Morgan fingerprint density at radius 2 is 1.94 bits per heavy atom. The fourth-order valence-electron chi connectivity index (χ4n) is 2.26. The molecule has 1 heterocycles. The molecule has 0 fully saturated rings. The topological polar surface area (TPSA) is 3.24 Å². The minimum Gasteiger partial charge on any atom is -0.341 e. The molecule has 0 amide bonds. The fourth-order valence-corrected chi connectivity index (χ4v) is 2.51. The molecular formula is C14H11BrFN. The highest BCUT2D eigenvalue weighted by atomic mass is 79.9. The van der Waals surface area contributed by atoms with E-state index in [0.29, 0.717) is 4.47 Å². The first-order valence-corrected chi connectivity index (χ1v) is 6.35. The summed E-state index contributed by atoms with van der Waals surface area (Å²) in [5, 5.41) is 0. The lowest BCUT2D eigenvalue weighted by molar-refractivity contribution is 0.621. The van der Waals surface area contributed by atoms with Crippen molar-refractivity contribution in [3.63, 3.8) is 0 Å². The molecule has 0 bridgehead atoms. The number of hydrogen-bond acceptors (Lipinski definition) is 1. The second-order valence-electron chi connectivity index (χ2n) is 4.13. The fraction of sp³-hybridized carbons (Fsp3) is 0.143. The smallest absolute Gasteiger partial charge is 0.139 e. The highest BCUT2D eigenvalue weighted by Gasteiger charge is 2.20. The van der Waals surface area contributed by atoms with E-state index in [2.05, 4.69) is 33.0 Å². The Hall–Kier alpha value is -1.35. The molecular weight excluding hydrogens is 281 g/mol. The van der Waals surface area contributed by atoms with Gasteiger partial charge >= 0.3 is 0 Å².